The van der Waals surface area contributed by atoms with Gasteiger partial charge in [0.2, 0.25) is 0 Å². The number of rotatable bonds is 1. The lowest BCUT2D eigenvalue weighted by atomic mass is 10.1. The van der Waals surface area contributed by atoms with Crippen LogP contribution in [0.5, 0.6) is 0 Å². The predicted molar refractivity (Wildman–Crippen MR) is 37.0 cm³/mol. The van der Waals surface area contributed by atoms with Gasteiger partial charge in [0.1, 0.15) is 0 Å². The van der Waals surface area contributed by atoms with Gasteiger partial charge in [-0.15, -0.1) is 0 Å². The molecule has 0 amide bonds. The summed E-state index contributed by atoms with van der Waals surface area (Å²) >= 11 is 0. The molecule has 1 rings (SSSR count). The zero-order valence-corrected chi connectivity index (χ0v) is 6.07. The summed E-state index contributed by atoms with van der Waals surface area (Å²) < 4.78 is 0. The quantitative estimate of drug-likeness (QED) is 0.564. The van der Waals surface area contributed by atoms with E-state index in [1.54, 1.807) is 0 Å². The van der Waals surface area contributed by atoms with Crippen LogP contribution in [0.25, 0.3) is 0 Å². The predicted octanol–water partition coefficient (Wildman–Crippen LogP) is 0.0438. The van der Waals surface area contributed by atoms with Crippen molar-refractivity contribution in [3.05, 3.63) is 10.4 Å². The van der Waals surface area contributed by atoms with Crippen LogP contribution in [0.3, 0.4) is 0 Å². The van der Waals surface area contributed by atoms with Gasteiger partial charge >= 0.3 is 0 Å². The van der Waals surface area contributed by atoms with Crippen molar-refractivity contribution in [3.63, 3.8) is 0 Å². The Morgan fingerprint density at radius 2 is 2.10 bits per heavy atom. The van der Waals surface area contributed by atoms with Gasteiger partial charge in [0, 0.05) is 12.6 Å². The molecule has 10 heavy (non-hydrogen) atoms. The van der Waals surface area contributed by atoms with E-state index in [2.05, 4.69) is 5.53 Å². The summed E-state index contributed by atoms with van der Waals surface area (Å²) in [6.45, 7) is 4.08. The molecule has 0 spiro atoms. The van der Waals surface area contributed by atoms with Crippen molar-refractivity contribution in [2.24, 2.45) is 5.92 Å². The lowest BCUT2D eigenvalue weighted by molar-refractivity contribution is 0.180. The summed E-state index contributed by atoms with van der Waals surface area (Å²) in [7, 11) is 0. The minimum atomic E-state index is -0.211. The van der Waals surface area contributed by atoms with Crippen LogP contribution in [-0.2, 0) is 0 Å². The lowest BCUT2D eigenvalue weighted by Gasteiger charge is -2.31. The first-order valence-corrected chi connectivity index (χ1v) is 3.28. The number of hydroxylamine groups is 2. The van der Waals surface area contributed by atoms with Crippen molar-refractivity contribution in [1.29, 1.82) is 0 Å². The molecule has 0 bridgehead atoms. The van der Waals surface area contributed by atoms with E-state index in [4.69, 9.17) is 0 Å². The molecule has 5 heteroatoms. The van der Waals surface area contributed by atoms with Crippen LogP contribution < -0.4 is 5.53 Å². The molecule has 1 fully saturated rings. The summed E-state index contributed by atoms with van der Waals surface area (Å²) in [4.78, 5) is 0. The maximum absolute atomic E-state index is 10.8. The molecule has 1 atom stereocenters. The fraction of sp³-hybridized carbons (Fsp3) is 1.00. The van der Waals surface area contributed by atoms with E-state index in [0.717, 1.165) is 0 Å². The number of hydrazine groups is 2. The van der Waals surface area contributed by atoms with E-state index in [9.17, 15) is 10.4 Å². The van der Waals surface area contributed by atoms with Gasteiger partial charge in [-0.1, -0.05) is 13.8 Å². The summed E-state index contributed by atoms with van der Waals surface area (Å²) in [5.41, 5.74) is 2.10. The Hall–Kier alpha value is -0.200. The fourth-order valence-corrected chi connectivity index (χ4v) is 0.951. The second-order valence-corrected chi connectivity index (χ2v) is 2.80. The zero-order valence-electron chi connectivity index (χ0n) is 6.07. The highest BCUT2D eigenvalue weighted by molar-refractivity contribution is 4.80. The molecule has 0 aromatic rings. The molecule has 5 nitrogen and oxygen atoms in total. The Balaban J connectivity index is 2.46. The van der Waals surface area contributed by atoms with Crippen molar-refractivity contribution in [1.82, 2.24) is 15.9 Å². The largest absolute Gasteiger partial charge is 0.771 e. The molecule has 1 heterocycles. The van der Waals surface area contributed by atoms with Crippen LogP contribution in [0.2, 0.25) is 0 Å². The van der Waals surface area contributed by atoms with E-state index in [0.29, 0.717) is 10.3 Å². The minimum absolute atomic E-state index is 0.211. The Labute approximate surface area is 59.7 Å². The minimum Gasteiger partial charge on any atom is -0.771 e. The summed E-state index contributed by atoms with van der Waals surface area (Å²) in [6, 6.07) is -0.211. The van der Waals surface area contributed by atoms with Gasteiger partial charge in [-0.05, 0) is 5.92 Å². The molecule has 0 aromatic heterocycles. The zero-order chi connectivity index (χ0) is 7.72. The molecular weight excluding hydrogens is 134 g/mol. The molecule has 60 valence electrons. The van der Waals surface area contributed by atoms with Gasteiger partial charge in [-0.3, -0.25) is 0 Å². The molecule has 1 aliphatic heterocycles. The topological polar surface area (TPSA) is 64.6 Å². The van der Waals surface area contributed by atoms with E-state index < -0.39 is 0 Å². The third-order valence-electron chi connectivity index (χ3n) is 1.63. The first-order valence-electron chi connectivity index (χ1n) is 3.28. The van der Waals surface area contributed by atoms with E-state index in [1.807, 2.05) is 13.8 Å². The number of hydrogen-bond acceptors (Lipinski definition) is 5. The van der Waals surface area contributed by atoms with Gasteiger partial charge < -0.3 is 20.8 Å². The van der Waals surface area contributed by atoms with Gasteiger partial charge in [-0.2, -0.15) is 0 Å². The first kappa shape index (κ1) is 7.90. The van der Waals surface area contributed by atoms with E-state index in [-0.39, 0.29) is 18.5 Å². The van der Waals surface area contributed by atoms with Crippen LogP contribution in [0.4, 0.5) is 0 Å². The summed E-state index contributed by atoms with van der Waals surface area (Å²) in [5, 5.41) is 22.5. The Kier molecular flexibility index (Phi) is 2.22. The number of nitrogens with zero attached hydrogens (tertiary/aromatic N) is 2. The molecule has 1 saturated heterocycles. The third-order valence-corrected chi connectivity index (χ3v) is 1.63. The van der Waals surface area contributed by atoms with Gasteiger partial charge in [0.05, 0.1) is 0 Å². The van der Waals surface area contributed by atoms with Crippen molar-refractivity contribution >= 4 is 0 Å². The molecule has 1 N–H and O–H groups in total. The van der Waals surface area contributed by atoms with Crippen LogP contribution in [-0.4, -0.2) is 22.9 Å². The van der Waals surface area contributed by atoms with Gasteiger partial charge in [0.25, 0.3) is 0 Å². The monoisotopic (exact) mass is 145 g/mol. The van der Waals surface area contributed by atoms with Crippen LogP contribution >= 0.6 is 0 Å². The molecule has 0 radical (unpaired) electrons. The molecule has 0 saturated carbocycles. The average molecular weight is 145 g/mol. The van der Waals surface area contributed by atoms with Crippen molar-refractivity contribution in [3.8, 4) is 0 Å². The molecule has 1 aliphatic rings. The molecule has 0 aliphatic carbocycles. The maximum atomic E-state index is 10.8. The molecule has 1 unspecified atom stereocenters. The van der Waals surface area contributed by atoms with Crippen LogP contribution in [0.15, 0.2) is 0 Å². The Morgan fingerprint density at radius 1 is 1.50 bits per heavy atom. The van der Waals surface area contributed by atoms with E-state index >= 15 is 0 Å². The number of nitrogens with one attached hydrogen (secondary N) is 1. The normalized spacial score (nSPS) is 30.3. The smallest absolute Gasteiger partial charge is 0.0275 e. The van der Waals surface area contributed by atoms with Crippen LogP contribution in [0, 0.1) is 16.3 Å². The highest BCUT2D eigenvalue weighted by atomic mass is 16.6. The third kappa shape index (κ3) is 1.44. The molecular formula is C5H11N3O2-2. The van der Waals surface area contributed by atoms with Crippen molar-refractivity contribution < 1.29 is 0 Å². The van der Waals surface area contributed by atoms with Crippen molar-refractivity contribution in [2.75, 3.05) is 6.54 Å². The second-order valence-electron chi connectivity index (χ2n) is 2.80. The Morgan fingerprint density at radius 3 is 2.30 bits per heavy atom. The standard InChI is InChI=1S/C5H11N3O2/c1-4(2)5-3-7(9)6-8(5)10/h4-6H,3H2,1-2H3/q-2. The van der Waals surface area contributed by atoms with Gasteiger partial charge in [-0.25, -0.2) is 5.53 Å². The summed E-state index contributed by atoms with van der Waals surface area (Å²) in [6.07, 6.45) is 0. The first-order chi connectivity index (χ1) is 4.61. The Bertz CT molecular complexity index is 119. The fourth-order valence-electron chi connectivity index (χ4n) is 0.951. The summed E-state index contributed by atoms with van der Waals surface area (Å²) in [5.74, 6) is 0.212. The maximum Gasteiger partial charge on any atom is 0.0275 e. The highest BCUT2D eigenvalue weighted by Crippen LogP contribution is 2.13. The average Bonchev–Trinajstić information content (AvgIpc) is 2.10. The SMILES string of the molecule is CC(C)C1CN([O-])NN1[O-]. The van der Waals surface area contributed by atoms with Crippen LogP contribution in [0.1, 0.15) is 13.8 Å². The second kappa shape index (κ2) is 2.81. The number of hydrogen-bond donors (Lipinski definition) is 1. The van der Waals surface area contributed by atoms with E-state index in [1.165, 1.54) is 0 Å². The lowest BCUT2D eigenvalue weighted by Crippen LogP contribution is -2.36. The highest BCUT2D eigenvalue weighted by Gasteiger charge is 2.21. The molecule has 0 aromatic carbocycles. The van der Waals surface area contributed by atoms with Crippen molar-refractivity contribution in [2.45, 2.75) is 19.9 Å². The van der Waals surface area contributed by atoms with Gasteiger partial charge in [0.15, 0.2) is 0 Å².